The van der Waals surface area contributed by atoms with Crippen LogP contribution < -0.4 is 5.32 Å². The summed E-state index contributed by atoms with van der Waals surface area (Å²) in [7, 11) is 0. The molecular weight excluding hydrogens is 294 g/mol. The molecule has 7 nitrogen and oxygen atoms in total. The Bertz CT molecular complexity index is 883. The quantitative estimate of drug-likeness (QED) is 0.588. The summed E-state index contributed by atoms with van der Waals surface area (Å²) >= 11 is 0. The zero-order chi connectivity index (χ0) is 16.2. The monoisotopic (exact) mass is 305 g/mol. The van der Waals surface area contributed by atoms with Crippen molar-refractivity contribution in [2.45, 2.75) is 0 Å². The lowest BCUT2D eigenvalue weighted by molar-refractivity contribution is -0.383. The molecule has 3 aromatic rings. The minimum atomic E-state index is -0.510. The van der Waals surface area contributed by atoms with Crippen molar-refractivity contribution in [2.75, 3.05) is 5.32 Å². The third-order valence-corrected chi connectivity index (χ3v) is 3.27. The van der Waals surface area contributed by atoms with Crippen molar-refractivity contribution < 1.29 is 4.92 Å². The summed E-state index contributed by atoms with van der Waals surface area (Å²) in [5.41, 5.74) is 1.59. The molecule has 23 heavy (non-hydrogen) atoms. The normalized spacial score (nSPS) is 10.0. The van der Waals surface area contributed by atoms with Crippen molar-refractivity contribution in [1.29, 1.82) is 5.26 Å². The number of para-hydroxylation sites is 1. The second-order valence-corrected chi connectivity index (χ2v) is 4.72. The van der Waals surface area contributed by atoms with Gasteiger partial charge in [0, 0.05) is 24.1 Å². The molecule has 0 unspecified atom stereocenters. The SMILES string of the molecule is N#Cc1cc([N+](=O)[O-])c(Nc2ccccc2)cc1-n1ccnc1. The lowest BCUT2D eigenvalue weighted by Crippen LogP contribution is -2.02. The van der Waals surface area contributed by atoms with Gasteiger partial charge in [0.25, 0.3) is 5.69 Å². The summed E-state index contributed by atoms with van der Waals surface area (Å²) in [5, 5.41) is 23.6. The van der Waals surface area contributed by atoms with Gasteiger partial charge in [-0.3, -0.25) is 10.1 Å². The molecule has 7 heteroatoms. The van der Waals surface area contributed by atoms with Crippen LogP contribution in [0.1, 0.15) is 5.56 Å². The van der Waals surface area contributed by atoms with Gasteiger partial charge < -0.3 is 9.88 Å². The molecule has 0 saturated carbocycles. The highest BCUT2D eigenvalue weighted by molar-refractivity contribution is 5.75. The van der Waals surface area contributed by atoms with Crippen LogP contribution in [0.5, 0.6) is 0 Å². The van der Waals surface area contributed by atoms with Crippen LogP contribution in [0.25, 0.3) is 5.69 Å². The number of anilines is 2. The van der Waals surface area contributed by atoms with Crippen LogP contribution in [0.2, 0.25) is 0 Å². The van der Waals surface area contributed by atoms with Crippen LogP contribution in [0.3, 0.4) is 0 Å². The molecule has 1 aromatic heterocycles. The number of nitrogens with zero attached hydrogens (tertiary/aromatic N) is 4. The summed E-state index contributed by atoms with van der Waals surface area (Å²) in [6, 6.07) is 13.9. The molecule has 0 radical (unpaired) electrons. The minimum Gasteiger partial charge on any atom is -0.350 e. The second-order valence-electron chi connectivity index (χ2n) is 4.72. The lowest BCUT2D eigenvalue weighted by Gasteiger charge is -2.11. The van der Waals surface area contributed by atoms with Crippen molar-refractivity contribution in [2.24, 2.45) is 0 Å². The van der Waals surface area contributed by atoms with E-state index in [0.29, 0.717) is 11.4 Å². The molecule has 112 valence electrons. The van der Waals surface area contributed by atoms with Gasteiger partial charge in [0.1, 0.15) is 11.8 Å². The highest BCUT2D eigenvalue weighted by atomic mass is 16.6. The summed E-state index contributed by atoms with van der Waals surface area (Å²) in [6.45, 7) is 0. The lowest BCUT2D eigenvalue weighted by atomic mass is 10.1. The van der Waals surface area contributed by atoms with Crippen molar-refractivity contribution >= 4 is 17.1 Å². The molecule has 0 aliphatic heterocycles. The van der Waals surface area contributed by atoms with Gasteiger partial charge in [-0.1, -0.05) is 18.2 Å². The number of rotatable bonds is 4. The van der Waals surface area contributed by atoms with Gasteiger partial charge in [-0.2, -0.15) is 5.26 Å². The highest BCUT2D eigenvalue weighted by Gasteiger charge is 2.19. The van der Waals surface area contributed by atoms with Crippen molar-refractivity contribution in [3.05, 3.63) is 76.9 Å². The average molecular weight is 305 g/mol. The van der Waals surface area contributed by atoms with E-state index in [-0.39, 0.29) is 11.3 Å². The molecule has 1 heterocycles. The van der Waals surface area contributed by atoms with Crippen LogP contribution in [-0.2, 0) is 0 Å². The Labute approximate surface area is 131 Å². The molecule has 3 rings (SSSR count). The zero-order valence-corrected chi connectivity index (χ0v) is 11.9. The van der Waals surface area contributed by atoms with E-state index in [1.807, 2.05) is 24.3 Å². The fourth-order valence-corrected chi connectivity index (χ4v) is 2.21. The Balaban J connectivity index is 2.15. The smallest absolute Gasteiger partial charge is 0.294 e. The number of aromatic nitrogens is 2. The average Bonchev–Trinajstić information content (AvgIpc) is 3.09. The predicted octanol–water partition coefficient (Wildman–Crippen LogP) is 3.40. The molecule has 0 amide bonds. The Hall–Kier alpha value is -3.66. The topological polar surface area (TPSA) is 96.8 Å². The number of benzene rings is 2. The van der Waals surface area contributed by atoms with E-state index < -0.39 is 4.92 Å². The number of nitro benzene ring substituents is 1. The number of nitrogens with one attached hydrogen (secondary N) is 1. The van der Waals surface area contributed by atoms with Gasteiger partial charge in [-0.05, 0) is 18.2 Å². The van der Waals surface area contributed by atoms with Gasteiger partial charge in [-0.25, -0.2) is 4.98 Å². The van der Waals surface area contributed by atoms with Gasteiger partial charge in [-0.15, -0.1) is 0 Å². The summed E-state index contributed by atoms with van der Waals surface area (Å²) in [6.07, 6.45) is 4.79. The summed E-state index contributed by atoms with van der Waals surface area (Å²) in [4.78, 5) is 14.7. The first kappa shape index (κ1) is 14.3. The van der Waals surface area contributed by atoms with E-state index in [0.717, 1.165) is 5.69 Å². The highest BCUT2D eigenvalue weighted by Crippen LogP contribution is 2.32. The third kappa shape index (κ3) is 2.87. The first-order chi connectivity index (χ1) is 11.2. The maximum absolute atomic E-state index is 11.3. The van der Waals surface area contributed by atoms with E-state index in [1.165, 1.54) is 12.4 Å². The molecule has 0 aliphatic rings. The molecule has 2 aromatic carbocycles. The Kier molecular flexibility index (Phi) is 3.72. The van der Waals surface area contributed by atoms with Crippen molar-refractivity contribution in [3.63, 3.8) is 0 Å². The van der Waals surface area contributed by atoms with Crippen LogP contribution in [-0.4, -0.2) is 14.5 Å². The molecule has 1 N–H and O–H groups in total. The van der Waals surface area contributed by atoms with E-state index in [1.54, 1.807) is 35.2 Å². The second kappa shape index (κ2) is 5.99. The summed E-state index contributed by atoms with van der Waals surface area (Å²) in [5.74, 6) is 0. The van der Waals surface area contributed by atoms with Gasteiger partial charge in [0.05, 0.1) is 22.5 Å². The van der Waals surface area contributed by atoms with Crippen LogP contribution in [0, 0.1) is 21.4 Å². The van der Waals surface area contributed by atoms with Crippen LogP contribution in [0.15, 0.2) is 61.2 Å². The number of nitriles is 1. The number of hydrogen-bond donors (Lipinski definition) is 1. The van der Waals surface area contributed by atoms with Gasteiger partial charge in [0.15, 0.2) is 0 Å². The first-order valence-corrected chi connectivity index (χ1v) is 6.72. The predicted molar refractivity (Wildman–Crippen MR) is 84.7 cm³/mol. The van der Waals surface area contributed by atoms with E-state index >= 15 is 0 Å². The Morgan fingerprint density at radius 1 is 1.26 bits per heavy atom. The zero-order valence-electron chi connectivity index (χ0n) is 11.9. The fourth-order valence-electron chi connectivity index (χ4n) is 2.21. The molecule has 0 fully saturated rings. The minimum absolute atomic E-state index is 0.158. The maximum atomic E-state index is 11.3. The Morgan fingerprint density at radius 3 is 2.65 bits per heavy atom. The summed E-state index contributed by atoms with van der Waals surface area (Å²) < 4.78 is 1.64. The number of nitro groups is 1. The molecular formula is C16H11N5O2. The standard InChI is InChI=1S/C16H11N5O2/c17-10-12-8-16(21(22)23)14(19-13-4-2-1-3-5-13)9-15(12)20-7-6-18-11-20/h1-9,11,19H. The molecule has 0 atom stereocenters. The van der Waals surface area contributed by atoms with Gasteiger partial charge >= 0.3 is 0 Å². The number of imidazole rings is 1. The van der Waals surface area contributed by atoms with E-state index in [4.69, 9.17) is 0 Å². The molecule has 0 saturated heterocycles. The Morgan fingerprint density at radius 2 is 2.04 bits per heavy atom. The number of hydrogen-bond acceptors (Lipinski definition) is 5. The van der Waals surface area contributed by atoms with E-state index in [2.05, 4.69) is 10.3 Å². The molecule has 0 bridgehead atoms. The van der Waals surface area contributed by atoms with Crippen LogP contribution in [0.4, 0.5) is 17.1 Å². The van der Waals surface area contributed by atoms with Crippen molar-refractivity contribution in [1.82, 2.24) is 9.55 Å². The van der Waals surface area contributed by atoms with E-state index in [9.17, 15) is 15.4 Å². The first-order valence-electron chi connectivity index (χ1n) is 6.72. The van der Waals surface area contributed by atoms with Gasteiger partial charge in [0.2, 0.25) is 0 Å². The fraction of sp³-hybridized carbons (Fsp3) is 0. The largest absolute Gasteiger partial charge is 0.350 e. The maximum Gasteiger partial charge on any atom is 0.294 e. The molecule has 0 aliphatic carbocycles. The molecule has 0 spiro atoms. The van der Waals surface area contributed by atoms with Crippen molar-refractivity contribution in [3.8, 4) is 11.8 Å². The van der Waals surface area contributed by atoms with Crippen LogP contribution >= 0.6 is 0 Å². The third-order valence-electron chi connectivity index (χ3n) is 3.27.